The Labute approximate surface area is 131 Å². The van der Waals surface area contributed by atoms with Crippen LogP contribution in [0.1, 0.15) is 64.4 Å². The second kappa shape index (κ2) is 8.05. The summed E-state index contributed by atoms with van der Waals surface area (Å²) in [4.78, 5) is 0. The van der Waals surface area contributed by atoms with Crippen molar-refractivity contribution in [1.82, 2.24) is 5.32 Å². The molecule has 1 aromatic carbocycles. The van der Waals surface area contributed by atoms with Gasteiger partial charge in [0.1, 0.15) is 0 Å². The van der Waals surface area contributed by atoms with Crippen molar-refractivity contribution in [1.29, 1.82) is 0 Å². The van der Waals surface area contributed by atoms with Gasteiger partial charge < -0.3 is 5.32 Å². The molecule has 114 valence electrons. The number of rotatable bonds is 4. The van der Waals surface area contributed by atoms with Crippen molar-refractivity contribution in [2.45, 2.75) is 64.3 Å². The van der Waals surface area contributed by atoms with Gasteiger partial charge in [0, 0.05) is 12.1 Å². The minimum Gasteiger partial charge on any atom is -0.311 e. The summed E-state index contributed by atoms with van der Waals surface area (Å²) in [5.74, 6) is 1.55. The Kier molecular flexibility index (Phi) is 7.05. The minimum absolute atomic E-state index is 0. The molecule has 0 bridgehead atoms. The number of hydrogen-bond acceptors (Lipinski definition) is 1. The number of nitrogens with one attached hydrogen (secondary N) is 1. The molecule has 0 heterocycles. The van der Waals surface area contributed by atoms with Crippen LogP contribution in [0.5, 0.6) is 0 Å². The highest BCUT2D eigenvalue weighted by Gasteiger charge is 2.26. The molecule has 0 aromatic heterocycles. The monoisotopic (exact) mass is 295 g/mol. The van der Waals surface area contributed by atoms with E-state index in [1.54, 1.807) is 0 Å². The molecule has 0 spiro atoms. The van der Waals surface area contributed by atoms with Crippen LogP contribution in [0.3, 0.4) is 0 Å². The van der Waals surface area contributed by atoms with E-state index in [0.717, 1.165) is 12.5 Å². The van der Waals surface area contributed by atoms with Crippen molar-refractivity contribution in [3.63, 3.8) is 0 Å². The lowest BCUT2D eigenvalue weighted by Gasteiger charge is -2.33. The Morgan fingerprint density at radius 3 is 2.20 bits per heavy atom. The number of halogens is 1. The summed E-state index contributed by atoms with van der Waals surface area (Å²) in [5.41, 5.74) is 1.73. The van der Waals surface area contributed by atoms with Crippen LogP contribution in [0.25, 0.3) is 0 Å². The van der Waals surface area contributed by atoms with E-state index < -0.39 is 0 Å². The summed E-state index contributed by atoms with van der Waals surface area (Å²) < 4.78 is 0. The van der Waals surface area contributed by atoms with Crippen molar-refractivity contribution < 1.29 is 0 Å². The van der Waals surface area contributed by atoms with Gasteiger partial charge in [0.05, 0.1) is 0 Å². The molecule has 0 aliphatic heterocycles. The van der Waals surface area contributed by atoms with Gasteiger partial charge in [-0.05, 0) is 51.0 Å². The molecule has 1 saturated carbocycles. The quantitative estimate of drug-likeness (QED) is 0.809. The van der Waals surface area contributed by atoms with E-state index in [0.29, 0.717) is 5.92 Å². The van der Waals surface area contributed by atoms with Crippen LogP contribution in [0.4, 0.5) is 0 Å². The van der Waals surface area contributed by atoms with E-state index in [4.69, 9.17) is 0 Å². The predicted octanol–water partition coefficient (Wildman–Crippen LogP) is 5.16. The van der Waals surface area contributed by atoms with Crippen LogP contribution in [0.15, 0.2) is 30.3 Å². The summed E-state index contributed by atoms with van der Waals surface area (Å²) in [5, 5.41) is 3.72. The fourth-order valence-electron chi connectivity index (χ4n) is 3.21. The summed E-state index contributed by atoms with van der Waals surface area (Å²) in [7, 11) is 0. The van der Waals surface area contributed by atoms with Crippen LogP contribution >= 0.6 is 12.4 Å². The first kappa shape index (κ1) is 17.5. The third kappa shape index (κ3) is 5.46. The lowest BCUT2D eigenvalue weighted by Crippen LogP contribution is -2.40. The molecule has 0 amide bonds. The number of hydrogen-bond donors (Lipinski definition) is 1. The SMILES string of the molecule is CC(C)(C)NCC(c1ccccc1)C1CCCCC1.Cl. The third-order valence-electron chi connectivity index (χ3n) is 4.30. The Morgan fingerprint density at radius 1 is 1.05 bits per heavy atom. The first-order valence-corrected chi connectivity index (χ1v) is 7.86. The molecule has 0 radical (unpaired) electrons. The Bertz CT molecular complexity index is 363. The van der Waals surface area contributed by atoms with Gasteiger partial charge in [-0.25, -0.2) is 0 Å². The predicted molar refractivity (Wildman–Crippen MR) is 90.8 cm³/mol. The van der Waals surface area contributed by atoms with Crippen molar-refractivity contribution in [3.05, 3.63) is 35.9 Å². The average molecular weight is 296 g/mol. The van der Waals surface area contributed by atoms with Gasteiger partial charge in [-0.1, -0.05) is 49.6 Å². The van der Waals surface area contributed by atoms with E-state index in [1.165, 1.54) is 37.7 Å². The summed E-state index contributed by atoms with van der Waals surface area (Å²) in [6.45, 7) is 7.89. The summed E-state index contributed by atoms with van der Waals surface area (Å²) in [6, 6.07) is 11.1. The van der Waals surface area contributed by atoms with Gasteiger partial charge >= 0.3 is 0 Å². The van der Waals surface area contributed by atoms with Crippen LogP contribution in [-0.4, -0.2) is 12.1 Å². The van der Waals surface area contributed by atoms with E-state index in [9.17, 15) is 0 Å². The van der Waals surface area contributed by atoms with Gasteiger partial charge in [-0.15, -0.1) is 12.4 Å². The van der Waals surface area contributed by atoms with Crippen LogP contribution in [0.2, 0.25) is 0 Å². The average Bonchev–Trinajstić information content (AvgIpc) is 2.40. The minimum atomic E-state index is 0. The van der Waals surface area contributed by atoms with Crippen LogP contribution < -0.4 is 5.32 Å². The normalized spacial score (nSPS) is 18.4. The van der Waals surface area contributed by atoms with Gasteiger partial charge in [0.2, 0.25) is 0 Å². The highest BCUT2D eigenvalue weighted by molar-refractivity contribution is 5.85. The fraction of sp³-hybridized carbons (Fsp3) is 0.667. The summed E-state index contributed by atoms with van der Waals surface area (Å²) in [6.07, 6.45) is 7.09. The standard InChI is InChI=1S/C18H29N.ClH/c1-18(2,3)19-14-17(15-10-6-4-7-11-15)16-12-8-5-9-13-16;/h4,6-7,10-11,16-17,19H,5,8-9,12-14H2,1-3H3;1H. The van der Waals surface area contributed by atoms with Crippen LogP contribution in [-0.2, 0) is 0 Å². The number of benzene rings is 1. The van der Waals surface area contributed by atoms with Gasteiger partial charge in [-0.2, -0.15) is 0 Å². The van der Waals surface area contributed by atoms with E-state index in [1.807, 2.05) is 0 Å². The Hall–Kier alpha value is -0.530. The van der Waals surface area contributed by atoms with Crippen molar-refractivity contribution in [2.24, 2.45) is 5.92 Å². The molecule has 1 nitrogen and oxygen atoms in total. The van der Waals surface area contributed by atoms with Crippen molar-refractivity contribution >= 4 is 12.4 Å². The topological polar surface area (TPSA) is 12.0 Å². The van der Waals surface area contributed by atoms with Gasteiger partial charge in [-0.3, -0.25) is 0 Å². The molecule has 1 N–H and O–H groups in total. The molecule has 1 aliphatic rings. The summed E-state index contributed by atoms with van der Waals surface area (Å²) >= 11 is 0. The molecule has 2 heteroatoms. The van der Waals surface area contributed by atoms with Crippen molar-refractivity contribution in [3.8, 4) is 0 Å². The third-order valence-corrected chi connectivity index (χ3v) is 4.30. The van der Waals surface area contributed by atoms with Gasteiger partial charge in [0.25, 0.3) is 0 Å². The van der Waals surface area contributed by atoms with E-state index in [2.05, 4.69) is 56.4 Å². The molecular formula is C18H30ClN. The maximum absolute atomic E-state index is 3.72. The second-order valence-electron chi connectivity index (χ2n) is 7.05. The molecule has 1 unspecified atom stereocenters. The Morgan fingerprint density at radius 2 is 1.65 bits per heavy atom. The molecule has 1 aromatic rings. The first-order valence-electron chi connectivity index (χ1n) is 7.86. The Balaban J connectivity index is 0.00000200. The van der Waals surface area contributed by atoms with Crippen LogP contribution in [0, 0.1) is 5.92 Å². The van der Waals surface area contributed by atoms with E-state index in [-0.39, 0.29) is 17.9 Å². The molecule has 2 rings (SSSR count). The zero-order chi connectivity index (χ0) is 13.7. The largest absolute Gasteiger partial charge is 0.311 e. The second-order valence-corrected chi connectivity index (χ2v) is 7.05. The maximum atomic E-state index is 3.72. The first-order chi connectivity index (χ1) is 9.06. The highest BCUT2D eigenvalue weighted by atomic mass is 35.5. The van der Waals surface area contributed by atoms with Gasteiger partial charge in [0.15, 0.2) is 0 Å². The molecule has 1 aliphatic carbocycles. The zero-order valence-electron chi connectivity index (χ0n) is 13.2. The fourth-order valence-corrected chi connectivity index (χ4v) is 3.21. The highest BCUT2D eigenvalue weighted by Crippen LogP contribution is 2.35. The zero-order valence-corrected chi connectivity index (χ0v) is 14.0. The molecule has 1 fully saturated rings. The maximum Gasteiger partial charge on any atom is 0.00967 e. The lowest BCUT2D eigenvalue weighted by molar-refractivity contribution is 0.280. The van der Waals surface area contributed by atoms with Crippen molar-refractivity contribution in [2.75, 3.05) is 6.54 Å². The smallest absolute Gasteiger partial charge is 0.00967 e. The molecule has 20 heavy (non-hydrogen) atoms. The van der Waals surface area contributed by atoms with E-state index >= 15 is 0 Å². The molecule has 1 atom stereocenters. The molecule has 0 saturated heterocycles. The molecular weight excluding hydrogens is 266 g/mol. The lowest BCUT2D eigenvalue weighted by atomic mass is 9.76.